The van der Waals surface area contributed by atoms with Crippen molar-refractivity contribution in [3.8, 4) is 0 Å². The third-order valence-electron chi connectivity index (χ3n) is 3.83. The van der Waals surface area contributed by atoms with E-state index in [1.807, 2.05) is 0 Å². The Balaban J connectivity index is 2.48. The van der Waals surface area contributed by atoms with Gasteiger partial charge in [-0.15, -0.1) is 0 Å². The smallest absolute Gasteiger partial charge is 0.0602 e. The van der Waals surface area contributed by atoms with E-state index in [0.717, 1.165) is 6.42 Å². The van der Waals surface area contributed by atoms with Crippen molar-refractivity contribution < 1.29 is 5.11 Å². The largest absolute Gasteiger partial charge is 0.393 e. The lowest BCUT2D eigenvalue weighted by Gasteiger charge is -2.21. The van der Waals surface area contributed by atoms with Crippen LogP contribution in [-0.4, -0.2) is 11.2 Å². The van der Waals surface area contributed by atoms with E-state index in [4.69, 9.17) is 0 Å². The first kappa shape index (κ1) is 14.8. The van der Waals surface area contributed by atoms with Crippen molar-refractivity contribution in [3.05, 3.63) is 11.6 Å². The highest BCUT2D eigenvalue weighted by Gasteiger charge is 2.16. The van der Waals surface area contributed by atoms with E-state index in [2.05, 4.69) is 19.9 Å². The van der Waals surface area contributed by atoms with Crippen LogP contribution in [-0.2, 0) is 0 Å². The van der Waals surface area contributed by atoms with Crippen LogP contribution < -0.4 is 0 Å². The summed E-state index contributed by atoms with van der Waals surface area (Å²) in [5.74, 6) is 0.402. The molecule has 0 heterocycles. The van der Waals surface area contributed by atoms with Gasteiger partial charge in [-0.25, -0.2) is 0 Å². The molecule has 100 valence electrons. The van der Waals surface area contributed by atoms with Crippen LogP contribution in [0.5, 0.6) is 0 Å². The van der Waals surface area contributed by atoms with Gasteiger partial charge < -0.3 is 5.11 Å². The van der Waals surface area contributed by atoms with Crippen molar-refractivity contribution in [1.82, 2.24) is 0 Å². The molecule has 0 aliphatic heterocycles. The van der Waals surface area contributed by atoms with E-state index in [1.54, 1.807) is 0 Å². The molecule has 0 aromatic carbocycles. The molecule has 0 bridgehead atoms. The van der Waals surface area contributed by atoms with E-state index in [9.17, 15) is 5.11 Å². The summed E-state index contributed by atoms with van der Waals surface area (Å²) >= 11 is 0. The third kappa shape index (κ3) is 6.88. The average molecular weight is 238 g/mol. The summed E-state index contributed by atoms with van der Waals surface area (Å²) in [5.41, 5.74) is 1.35. The minimum absolute atomic E-state index is 0.107. The van der Waals surface area contributed by atoms with Gasteiger partial charge in [-0.1, -0.05) is 63.0 Å². The summed E-state index contributed by atoms with van der Waals surface area (Å²) in [6.07, 6.45) is 15.0. The second-order valence-electron chi connectivity index (χ2n) is 5.88. The van der Waals surface area contributed by atoms with Crippen LogP contribution in [0, 0.1) is 5.92 Å². The summed E-state index contributed by atoms with van der Waals surface area (Å²) in [6.45, 7) is 4.28. The number of aliphatic hydroxyl groups excluding tert-OH is 1. The average Bonchev–Trinajstić information content (AvgIpc) is 2.27. The van der Waals surface area contributed by atoms with Crippen molar-refractivity contribution in [2.45, 2.75) is 84.2 Å². The molecular weight excluding hydrogens is 208 g/mol. The first-order valence-corrected chi connectivity index (χ1v) is 7.53. The molecule has 1 heteroatoms. The predicted octanol–water partition coefficient (Wildman–Crippen LogP) is 4.84. The first-order valence-electron chi connectivity index (χ1n) is 7.53. The molecule has 1 N–H and O–H groups in total. The van der Waals surface area contributed by atoms with Crippen LogP contribution in [0.25, 0.3) is 0 Å². The lowest BCUT2D eigenvalue weighted by molar-refractivity contribution is 0.111. The van der Waals surface area contributed by atoms with Crippen molar-refractivity contribution in [2.24, 2.45) is 5.92 Å². The summed E-state index contributed by atoms with van der Waals surface area (Å²) in [7, 11) is 0. The molecule has 0 saturated heterocycles. The lowest BCUT2D eigenvalue weighted by Crippen LogP contribution is -2.19. The second-order valence-corrected chi connectivity index (χ2v) is 5.88. The van der Waals surface area contributed by atoms with Crippen LogP contribution in [0.15, 0.2) is 11.6 Å². The fraction of sp³-hybridized carbons (Fsp3) is 0.875. The molecule has 0 amide bonds. The van der Waals surface area contributed by atoms with E-state index >= 15 is 0 Å². The summed E-state index contributed by atoms with van der Waals surface area (Å²) in [4.78, 5) is 0. The molecule has 1 aliphatic rings. The Morgan fingerprint density at radius 1 is 0.824 bits per heavy atom. The molecule has 0 radical (unpaired) electrons. The molecule has 0 aromatic rings. The summed E-state index contributed by atoms with van der Waals surface area (Å²) < 4.78 is 0. The number of hydrogen-bond acceptors (Lipinski definition) is 1. The molecule has 0 spiro atoms. The Bertz CT molecular complexity index is 216. The minimum atomic E-state index is -0.107. The highest BCUT2D eigenvalue weighted by atomic mass is 16.3. The zero-order valence-corrected chi connectivity index (χ0v) is 11.8. The summed E-state index contributed by atoms with van der Waals surface area (Å²) in [5, 5.41) is 10.3. The Labute approximate surface area is 107 Å². The van der Waals surface area contributed by atoms with Gasteiger partial charge >= 0.3 is 0 Å². The zero-order chi connectivity index (χ0) is 12.5. The minimum Gasteiger partial charge on any atom is -0.393 e. The van der Waals surface area contributed by atoms with Crippen LogP contribution in [0.3, 0.4) is 0 Å². The van der Waals surface area contributed by atoms with Gasteiger partial charge in [0.05, 0.1) is 6.10 Å². The fourth-order valence-corrected chi connectivity index (χ4v) is 2.82. The van der Waals surface area contributed by atoms with Crippen molar-refractivity contribution in [2.75, 3.05) is 0 Å². The standard InChI is InChI=1S/C16H30O/c1-14(2)13-15-11-9-7-5-3-4-6-8-10-12-16(15)17/h13,15-17H,3-12H2,1-2H3. The van der Waals surface area contributed by atoms with Gasteiger partial charge in [0.1, 0.15) is 0 Å². The van der Waals surface area contributed by atoms with E-state index in [1.165, 1.54) is 63.4 Å². The second kappa shape index (κ2) is 8.74. The molecule has 2 atom stereocenters. The number of allylic oxidation sites excluding steroid dienone is 1. The Hall–Kier alpha value is -0.300. The molecule has 1 aliphatic carbocycles. The van der Waals surface area contributed by atoms with Gasteiger partial charge in [0, 0.05) is 5.92 Å². The normalized spacial score (nSPS) is 28.9. The Morgan fingerprint density at radius 2 is 1.29 bits per heavy atom. The highest BCUT2D eigenvalue weighted by Crippen LogP contribution is 2.23. The van der Waals surface area contributed by atoms with Gasteiger partial charge in [-0.2, -0.15) is 0 Å². The molecule has 2 unspecified atom stereocenters. The van der Waals surface area contributed by atoms with Gasteiger partial charge in [0.2, 0.25) is 0 Å². The first-order chi connectivity index (χ1) is 8.20. The number of hydrogen-bond donors (Lipinski definition) is 1. The van der Waals surface area contributed by atoms with E-state index in [0.29, 0.717) is 5.92 Å². The van der Waals surface area contributed by atoms with Gasteiger partial charge in [-0.3, -0.25) is 0 Å². The van der Waals surface area contributed by atoms with Crippen LogP contribution >= 0.6 is 0 Å². The quantitative estimate of drug-likeness (QED) is 0.648. The topological polar surface area (TPSA) is 20.2 Å². The molecular formula is C16H30O. The zero-order valence-electron chi connectivity index (χ0n) is 11.8. The maximum Gasteiger partial charge on any atom is 0.0602 e. The lowest BCUT2D eigenvalue weighted by atomic mass is 9.89. The Kier molecular flexibility index (Phi) is 7.59. The highest BCUT2D eigenvalue weighted by molar-refractivity contribution is 4.99. The van der Waals surface area contributed by atoms with Crippen LogP contribution in [0.4, 0.5) is 0 Å². The SMILES string of the molecule is CC(C)=CC1CCCCCCCCCCC1O. The molecule has 1 fully saturated rings. The molecule has 1 nitrogen and oxygen atoms in total. The van der Waals surface area contributed by atoms with Gasteiger partial charge in [0.25, 0.3) is 0 Å². The van der Waals surface area contributed by atoms with Crippen molar-refractivity contribution in [1.29, 1.82) is 0 Å². The molecule has 17 heavy (non-hydrogen) atoms. The Morgan fingerprint density at radius 3 is 1.82 bits per heavy atom. The van der Waals surface area contributed by atoms with Crippen molar-refractivity contribution in [3.63, 3.8) is 0 Å². The van der Waals surface area contributed by atoms with E-state index < -0.39 is 0 Å². The maximum absolute atomic E-state index is 10.3. The van der Waals surface area contributed by atoms with Gasteiger partial charge in [-0.05, 0) is 26.7 Å². The number of rotatable bonds is 1. The monoisotopic (exact) mass is 238 g/mol. The molecule has 0 aromatic heterocycles. The van der Waals surface area contributed by atoms with Crippen molar-refractivity contribution >= 4 is 0 Å². The maximum atomic E-state index is 10.3. The van der Waals surface area contributed by atoms with E-state index in [-0.39, 0.29) is 6.10 Å². The molecule has 1 saturated carbocycles. The molecule has 1 rings (SSSR count). The van der Waals surface area contributed by atoms with Crippen LogP contribution in [0.2, 0.25) is 0 Å². The fourth-order valence-electron chi connectivity index (χ4n) is 2.82. The number of aliphatic hydroxyl groups is 1. The summed E-state index contributed by atoms with van der Waals surface area (Å²) in [6, 6.07) is 0. The van der Waals surface area contributed by atoms with Gasteiger partial charge in [0.15, 0.2) is 0 Å². The van der Waals surface area contributed by atoms with Crippen LogP contribution in [0.1, 0.15) is 78.1 Å². The third-order valence-corrected chi connectivity index (χ3v) is 3.83. The predicted molar refractivity (Wildman–Crippen MR) is 75.1 cm³/mol.